The fourth-order valence-electron chi connectivity index (χ4n) is 3.68. The maximum Gasteiger partial charge on any atom is 0.191 e. The van der Waals surface area contributed by atoms with Crippen LogP contribution in [-0.4, -0.2) is 45.8 Å². The number of guanidine groups is 1. The van der Waals surface area contributed by atoms with Gasteiger partial charge in [-0.25, -0.2) is 0 Å². The standard InChI is InChI=1S/C20H34N4OS/c1-5-26(25)18-10-6-9-17(12-18)24-20(21-4)23-14-19(15(2)3)16-8-7-11-22-13-16/h7-8,11,13,15,17-19H,5-6,9-10,12,14H2,1-4H3,(H2,21,23,24). The summed E-state index contributed by atoms with van der Waals surface area (Å²) in [5.41, 5.74) is 1.25. The minimum Gasteiger partial charge on any atom is -0.356 e. The molecular formula is C20H34N4OS. The van der Waals surface area contributed by atoms with Crippen molar-refractivity contribution < 1.29 is 4.21 Å². The van der Waals surface area contributed by atoms with E-state index >= 15 is 0 Å². The van der Waals surface area contributed by atoms with Gasteiger partial charge in [-0.2, -0.15) is 0 Å². The molecule has 1 saturated carbocycles. The first-order chi connectivity index (χ1) is 12.5. The molecule has 2 N–H and O–H groups in total. The van der Waals surface area contributed by atoms with Crippen molar-refractivity contribution in [3.63, 3.8) is 0 Å². The third kappa shape index (κ3) is 6.08. The number of nitrogens with zero attached hydrogens (tertiary/aromatic N) is 2. The van der Waals surface area contributed by atoms with E-state index in [1.807, 2.05) is 32.4 Å². The molecule has 0 amide bonds. The van der Waals surface area contributed by atoms with Crippen molar-refractivity contribution in [2.75, 3.05) is 19.3 Å². The fraction of sp³-hybridized carbons (Fsp3) is 0.700. The summed E-state index contributed by atoms with van der Waals surface area (Å²) in [5, 5.41) is 7.36. The largest absolute Gasteiger partial charge is 0.356 e. The number of pyridine rings is 1. The predicted molar refractivity (Wildman–Crippen MR) is 111 cm³/mol. The molecule has 1 aromatic rings. The Bertz CT molecular complexity index is 591. The van der Waals surface area contributed by atoms with Gasteiger partial charge in [-0.05, 0) is 36.8 Å². The lowest BCUT2D eigenvalue weighted by Crippen LogP contribution is -2.47. The first-order valence-electron chi connectivity index (χ1n) is 9.79. The highest BCUT2D eigenvalue weighted by atomic mass is 32.2. The second-order valence-electron chi connectivity index (χ2n) is 7.39. The lowest BCUT2D eigenvalue weighted by atomic mass is 9.89. The summed E-state index contributed by atoms with van der Waals surface area (Å²) in [7, 11) is 1.11. The van der Waals surface area contributed by atoms with Gasteiger partial charge >= 0.3 is 0 Å². The van der Waals surface area contributed by atoms with E-state index in [0.717, 1.165) is 43.9 Å². The molecule has 0 spiro atoms. The molecule has 146 valence electrons. The minimum absolute atomic E-state index is 0.322. The summed E-state index contributed by atoms with van der Waals surface area (Å²) in [4.78, 5) is 8.66. The molecular weight excluding hydrogens is 344 g/mol. The van der Waals surface area contributed by atoms with Gasteiger partial charge in [0, 0.05) is 59.7 Å². The summed E-state index contributed by atoms with van der Waals surface area (Å²) in [6.07, 6.45) is 8.07. The van der Waals surface area contributed by atoms with Crippen LogP contribution in [0.15, 0.2) is 29.5 Å². The third-order valence-electron chi connectivity index (χ3n) is 5.25. The summed E-state index contributed by atoms with van der Waals surface area (Å²) in [6, 6.07) is 4.49. The molecule has 2 rings (SSSR count). The average Bonchev–Trinajstić information content (AvgIpc) is 2.67. The Morgan fingerprint density at radius 1 is 1.42 bits per heavy atom. The summed E-state index contributed by atoms with van der Waals surface area (Å²) < 4.78 is 12.1. The number of hydrogen-bond donors (Lipinski definition) is 2. The zero-order chi connectivity index (χ0) is 18.9. The Hall–Kier alpha value is -1.43. The maximum atomic E-state index is 12.1. The Balaban J connectivity index is 1.91. The molecule has 4 atom stereocenters. The van der Waals surface area contributed by atoms with Gasteiger partial charge in [0.15, 0.2) is 5.96 Å². The van der Waals surface area contributed by atoms with Crippen molar-refractivity contribution in [3.05, 3.63) is 30.1 Å². The van der Waals surface area contributed by atoms with E-state index in [-0.39, 0.29) is 0 Å². The summed E-state index contributed by atoms with van der Waals surface area (Å²) in [5.74, 6) is 2.49. The number of hydrogen-bond acceptors (Lipinski definition) is 3. The third-order valence-corrected chi connectivity index (χ3v) is 6.99. The van der Waals surface area contributed by atoms with Gasteiger partial charge in [0.2, 0.25) is 0 Å². The number of nitrogens with one attached hydrogen (secondary N) is 2. The van der Waals surface area contributed by atoms with Gasteiger partial charge in [0.05, 0.1) is 0 Å². The van der Waals surface area contributed by atoms with Crippen molar-refractivity contribution in [2.45, 2.75) is 63.7 Å². The van der Waals surface area contributed by atoms with Crippen LogP contribution in [-0.2, 0) is 10.8 Å². The van der Waals surface area contributed by atoms with E-state index in [1.54, 1.807) is 0 Å². The average molecular weight is 379 g/mol. The Morgan fingerprint density at radius 2 is 2.23 bits per heavy atom. The Morgan fingerprint density at radius 3 is 2.85 bits per heavy atom. The lowest BCUT2D eigenvalue weighted by molar-refractivity contribution is 0.411. The molecule has 0 saturated heterocycles. The fourth-order valence-corrected chi connectivity index (χ4v) is 5.03. The van der Waals surface area contributed by atoms with Gasteiger partial charge in [0.1, 0.15) is 0 Å². The smallest absolute Gasteiger partial charge is 0.191 e. The molecule has 1 aromatic heterocycles. The van der Waals surface area contributed by atoms with Crippen LogP contribution < -0.4 is 10.6 Å². The Labute approximate surface area is 160 Å². The molecule has 0 bridgehead atoms. The highest BCUT2D eigenvalue weighted by molar-refractivity contribution is 7.85. The zero-order valence-electron chi connectivity index (χ0n) is 16.6. The van der Waals surface area contributed by atoms with Crippen LogP contribution >= 0.6 is 0 Å². The molecule has 0 radical (unpaired) electrons. The van der Waals surface area contributed by atoms with Crippen LogP contribution in [0.1, 0.15) is 57.9 Å². The molecule has 26 heavy (non-hydrogen) atoms. The second-order valence-corrected chi connectivity index (χ2v) is 9.39. The summed E-state index contributed by atoms with van der Waals surface area (Å²) in [6.45, 7) is 7.31. The molecule has 1 aliphatic rings. The van der Waals surface area contributed by atoms with Gasteiger partial charge in [-0.1, -0.05) is 33.3 Å². The molecule has 0 aliphatic heterocycles. The van der Waals surface area contributed by atoms with Crippen LogP contribution in [0.2, 0.25) is 0 Å². The van der Waals surface area contributed by atoms with E-state index < -0.39 is 10.8 Å². The number of aromatic nitrogens is 1. The molecule has 1 fully saturated rings. The molecule has 1 heterocycles. The van der Waals surface area contributed by atoms with Gasteiger partial charge < -0.3 is 10.6 Å². The monoisotopic (exact) mass is 378 g/mol. The topological polar surface area (TPSA) is 66.4 Å². The van der Waals surface area contributed by atoms with E-state index in [9.17, 15) is 4.21 Å². The van der Waals surface area contributed by atoms with E-state index in [4.69, 9.17) is 0 Å². The van der Waals surface area contributed by atoms with Crippen molar-refractivity contribution in [1.29, 1.82) is 0 Å². The quantitative estimate of drug-likeness (QED) is 0.565. The minimum atomic E-state index is -0.700. The van der Waals surface area contributed by atoms with Crippen molar-refractivity contribution >= 4 is 16.8 Å². The highest BCUT2D eigenvalue weighted by Gasteiger charge is 2.26. The normalized spacial score (nSPS) is 23.5. The Kier molecular flexibility index (Phi) is 8.55. The molecule has 0 aromatic carbocycles. The number of aliphatic imine (C=N–C) groups is 1. The molecule has 4 unspecified atom stereocenters. The van der Waals surface area contributed by atoms with E-state index in [1.165, 1.54) is 5.56 Å². The first-order valence-corrected chi connectivity index (χ1v) is 11.2. The first kappa shape index (κ1) is 20.9. The van der Waals surface area contributed by atoms with E-state index in [0.29, 0.717) is 23.1 Å². The number of rotatable bonds is 7. The van der Waals surface area contributed by atoms with E-state index in [2.05, 4.69) is 40.5 Å². The molecule has 5 nitrogen and oxygen atoms in total. The van der Waals surface area contributed by atoms with Crippen LogP contribution in [0.4, 0.5) is 0 Å². The molecule has 6 heteroatoms. The van der Waals surface area contributed by atoms with Crippen molar-refractivity contribution in [2.24, 2.45) is 10.9 Å². The van der Waals surface area contributed by atoms with Crippen LogP contribution in [0.25, 0.3) is 0 Å². The lowest BCUT2D eigenvalue weighted by Gasteiger charge is -2.31. The van der Waals surface area contributed by atoms with Crippen molar-refractivity contribution in [1.82, 2.24) is 15.6 Å². The molecule has 1 aliphatic carbocycles. The SMILES string of the molecule is CCS(=O)C1CCCC(NC(=NC)NCC(c2cccnc2)C(C)C)C1. The second kappa shape index (κ2) is 10.7. The van der Waals surface area contributed by atoms with Crippen LogP contribution in [0.3, 0.4) is 0 Å². The van der Waals surface area contributed by atoms with Crippen molar-refractivity contribution in [3.8, 4) is 0 Å². The van der Waals surface area contributed by atoms with Crippen LogP contribution in [0.5, 0.6) is 0 Å². The highest BCUT2D eigenvalue weighted by Crippen LogP contribution is 2.24. The zero-order valence-corrected chi connectivity index (χ0v) is 17.4. The van der Waals surface area contributed by atoms with Gasteiger partial charge in [0.25, 0.3) is 0 Å². The maximum absolute atomic E-state index is 12.1. The van der Waals surface area contributed by atoms with Gasteiger partial charge in [-0.3, -0.25) is 14.2 Å². The summed E-state index contributed by atoms with van der Waals surface area (Å²) >= 11 is 0. The van der Waals surface area contributed by atoms with Crippen LogP contribution in [0, 0.1) is 5.92 Å². The van der Waals surface area contributed by atoms with Gasteiger partial charge in [-0.15, -0.1) is 0 Å². The predicted octanol–water partition coefficient (Wildman–Crippen LogP) is 3.07.